The maximum atomic E-state index is 12.7. The van der Waals surface area contributed by atoms with Crippen molar-refractivity contribution in [2.45, 2.75) is 15.5 Å². The highest BCUT2D eigenvalue weighted by molar-refractivity contribution is 7.99. The van der Waals surface area contributed by atoms with Crippen LogP contribution in [-0.4, -0.2) is 44.2 Å². The quantitative estimate of drug-likeness (QED) is 0.432. The lowest BCUT2D eigenvalue weighted by Crippen LogP contribution is -2.21. The lowest BCUT2D eigenvalue weighted by Gasteiger charge is -2.15. The highest BCUT2D eigenvalue weighted by Crippen LogP contribution is 2.40. The lowest BCUT2D eigenvalue weighted by molar-refractivity contribution is -0.128. The summed E-state index contributed by atoms with van der Waals surface area (Å²) in [6, 6.07) is 11.9. The molecule has 28 heavy (non-hydrogen) atoms. The molecule has 0 atom stereocenters. The van der Waals surface area contributed by atoms with Crippen LogP contribution in [0.5, 0.6) is 5.75 Å². The fourth-order valence-electron chi connectivity index (χ4n) is 2.61. The summed E-state index contributed by atoms with van der Waals surface area (Å²) in [7, 11) is -0.335. The molecule has 148 valence electrons. The van der Waals surface area contributed by atoms with Crippen LogP contribution in [0.2, 0.25) is 0 Å². The molecule has 9 heteroatoms. The van der Waals surface area contributed by atoms with Crippen molar-refractivity contribution in [1.82, 2.24) is 4.90 Å². The van der Waals surface area contributed by atoms with Gasteiger partial charge in [-0.2, -0.15) is 0 Å². The number of benzene rings is 2. The van der Waals surface area contributed by atoms with E-state index in [0.29, 0.717) is 33.5 Å². The molecule has 1 heterocycles. The van der Waals surface area contributed by atoms with Crippen molar-refractivity contribution < 1.29 is 18.3 Å². The number of carbonyl (C=O) groups excluding carboxylic acids is 1. The zero-order valence-electron chi connectivity index (χ0n) is 15.4. The smallest absolute Gasteiger partial charge is 0.271 e. The third-order valence-corrected chi connectivity index (χ3v) is 7.85. The van der Waals surface area contributed by atoms with Gasteiger partial charge in [0.05, 0.1) is 10.6 Å². The van der Waals surface area contributed by atoms with Crippen LogP contribution in [0.15, 0.2) is 56.9 Å². The highest BCUT2D eigenvalue weighted by Gasteiger charge is 2.19. The number of nitrogens with one attached hydrogen (secondary N) is 1. The molecule has 0 radical (unpaired) electrons. The van der Waals surface area contributed by atoms with Gasteiger partial charge in [-0.25, -0.2) is 8.42 Å². The summed E-state index contributed by atoms with van der Waals surface area (Å²) >= 11 is 2.45. The summed E-state index contributed by atoms with van der Waals surface area (Å²) in [6.45, 7) is 0. The van der Waals surface area contributed by atoms with Gasteiger partial charge in [-0.05, 0) is 17.5 Å². The molecular formula is C19H20N2O4S3. The number of rotatable bonds is 7. The Bertz CT molecular complexity index is 1090. The van der Waals surface area contributed by atoms with Gasteiger partial charge in [0.25, 0.3) is 10.0 Å². The molecule has 0 fully saturated rings. The predicted octanol–water partition coefficient (Wildman–Crippen LogP) is 3.98. The number of fused-ring (bicyclic) bond motifs is 1. The Kier molecular flexibility index (Phi) is 6.17. The first-order chi connectivity index (χ1) is 13.3. The Labute approximate surface area is 172 Å². The van der Waals surface area contributed by atoms with Gasteiger partial charge in [0, 0.05) is 37.0 Å². The summed E-state index contributed by atoms with van der Waals surface area (Å²) in [5.74, 6) is 0.545. The van der Waals surface area contributed by atoms with Crippen molar-refractivity contribution in [1.29, 1.82) is 0 Å². The Balaban J connectivity index is 1.95. The summed E-state index contributed by atoms with van der Waals surface area (Å²) in [5.41, 5.74) is 0.392. The van der Waals surface area contributed by atoms with Gasteiger partial charge in [-0.3, -0.25) is 9.52 Å². The van der Waals surface area contributed by atoms with Gasteiger partial charge < -0.3 is 10.0 Å². The third-order valence-electron chi connectivity index (χ3n) is 4.06. The number of sulfonamides is 1. The topological polar surface area (TPSA) is 86.7 Å². The minimum absolute atomic E-state index is 0.00796. The minimum Gasteiger partial charge on any atom is -0.506 e. The summed E-state index contributed by atoms with van der Waals surface area (Å²) in [6.07, 6.45) is 0.320. The molecule has 0 bridgehead atoms. The second-order valence-corrected chi connectivity index (χ2v) is 10.2. The van der Waals surface area contributed by atoms with Crippen LogP contribution < -0.4 is 4.72 Å². The molecule has 6 nitrogen and oxygen atoms in total. The lowest BCUT2D eigenvalue weighted by atomic mass is 10.1. The first-order valence-electron chi connectivity index (χ1n) is 8.43. The molecule has 0 unspecified atom stereocenters. The van der Waals surface area contributed by atoms with Crippen molar-refractivity contribution in [2.24, 2.45) is 0 Å². The van der Waals surface area contributed by atoms with E-state index < -0.39 is 10.0 Å². The van der Waals surface area contributed by atoms with E-state index in [1.165, 1.54) is 22.7 Å². The number of anilines is 1. The average molecular weight is 437 g/mol. The van der Waals surface area contributed by atoms with Gasteiger partial charge in [0.15, 0.2) is 0 Å². The zero-order chi connectivity index (χ0) is 20.3. The van der Waals surface area contributed by atoms with E-state index in [1.54, 1.807) is 55.9 Å². The average Bonchev–Trinajstić information content (AvgIpc) is 3.20. The molecule has 0 spiro atoms. The fourth-order valence-corrected chi connectivity index (χ4v) is 5.62. The normalized spacial score (nSPS) is 11.5. The first kappa shape index (κ1) is 20.5. The predicted molar refractivity (Wildman–Crippen MR) is 115 cm³/mol. The van der Waals surface area contributed by atoms with Gasteiger partial charge in [0.2, 0.25) is 5.91 Å². The summed E-state index contributed by atoms with van der Waals surface area (Å²) in [4.78, 5) is 13.8. The van der Waals surface area contributed by atoms with E-state index in [4.69, 9.17) is 0 Å². The molecule has 0 saturated heterocycles. The summed E-state index contributed by atoms with van der Waals surface area (Å²) in [5, 5.41) is 13.5. The van der Waals surface area contributed by atoms with Crippen LogP contribution >= 0.6 is 23.1 Å². The van der Waals surface area contributed by atoms with Crippen LogP contribution in [-0.2, 0) is 14.8 Å². The van der Waals surface area contributed by atoms with Crippen molar-refractivity contribution in [2.75, 3.05) is 24.6 Å². The van der Waals surface area contributed by atoms with E-state index in [0.717, 1.165) is 11.3 Å². The SMILES string of the molecule is CN(C)C(=O)CCSc1cc(NS(=O)(=O)c2cccs2)c2ccccc2c1O. The maximum Gasteiger partial charge on any atom is 0.271 e. The van der Waals surface area contributed by atoms with E-state index in [1.807, 2.05) is 0 Å². The van der Waals surface area contributed by atoms with Gasteiger partial charge in [-0.15, -0.1) is 23.1 Å². The number of nitrogens with zero attached hydrogens (tertiary/aromatic N) is 1. The van der Waals surface area contributed by atoms with Crippen molar-refractivity contribution in [3.05, 3.63) is 47.8 Å². The maximum absolute atomic E-state index is 12.7. The van der Waals surface area contributed by atoms with Crippen LogP contribution in [0.1, 0.15) is 6.42 Å². The number of hydrogen-bond donors (Lipinski definition) is 2. The van der Waals surface area contributed by atoms with Crippen molar-refractivity contribution in [3.8, 4) is 5.75 Å². The molecule has 1 aromatic heterocycles. The molecule has 0 aliphatic rings. The standard InChI is InChI=1S/C19H20N2O4S3/c1-21(2)17(22)9-11-26-16-12-15(13-6-3-4-7-14(13)19(16)23)20-28(24,25)18-8-5-10-27-18/h3-8,10,12,20,23H,9,11H2,1-2H3. The highest BCUT2D eigenvalue weighted by atomic mass is 32.2. The van der Waals surface area contributed by atoms with E-state index >= 15 is 0 Å². The molecule has 3 aromatic rings. The first-order valence-corrected chi connectivity index (χ1v) is 11.8. The molecule has 0 saturated carbocycles. The number of thiophene rings is 1. The zero-order valence-corrected chi connectivity index (χ0v) is 17.8. The molecule has 3 rings (SSSR count). The number of phenols is 1. The molecule has 0 aliphatic heterocycles. The van der Waals surface area contributed by atoms with Crippen LogP contribution in [0.25, 0.3) is 10.8 Å². The van der Waals surface area contributed by atoms with Crippen molar-refractivity contribution >= 4 is 55.5 Å². The molecule has 2 aromatic carbocycles. The Morgan fingerprint density at radius 3 is 2.54 bits per heavy atom. The Hall–Kier alpha value is -2.23. The third kappa shape index (κ3) is 4.43. The number of amides is 1. The van der Waals surface area contributed by atoms with Crippen LogP contribution in [0.4, 0.5) is 5.69 Å². The van der Waals surface area contributed by atoms with E-state index in [9.17, 15) is 18.3 Å². The van der Waals surface area contributed by atoms with E-state index in [2.05, 4.69) is 4.72 Å². The van der Waals surface area contributed by atoms with Crippen molar-refractivity contribution in [3.63, 3.8) is 0 Å². The number of thioether (sulfide) groups is 1. The second-order valence-electron chi connectivity index (χ2n) is 6.24. The van der Waals surface area contributed by atoms with E-state index in [-0.39, 0.29) is 15.9 Å². The summed E-state index contributed by atoms with van der Waals surface area (Å²) < 4.78 is 28.2. The molecular weight excluding hydrogens is 416 g/mol. The van der Waals surface area contributed by atoms with Gasteiger partial charge in [0.1, 0.15) is 9.96 Å². The van der Waals surface area contributed by atoms with Crippen LogP contribution in [0.3, 0.4) is 0 Å². The van der Waals surface area contributed by atoms with Gasteiger partial charge >= 0.3 is 0 Å². The molecule has 0 aliphatic carbocycles. The molecule has 2 N–H and O–H groups in total. The number of hydrogen-bond acceptors (Lipinski definition) is 6. The molecule has 1 amide bonds. The number of aromatic hydroxyl groups is 1. The fraction of sp³-hybridized carbons (Fsp3) is 0.211. The Morgan fingerprint density at radius 2 is 1.89 bits per heavy atom. The minimum atomic E-state index is -3.72. The van der Waals surface area contributed by atoms with Crippen LogP contribution in [0, 0.1) is 0 Å². The Morgan fingerprint density at radius 1 is 1.18 bits per heavy atom. The number of carbonyl (C=O) groups is 1. The van der Waals surface area contributed by atoms with Gasteiger partial charge in [-0.1, -0.05) is 30.3 Å². The number of phenolic OH excluding ortho intramolecular Hbond substituents is 1. The monoisotopic (exact) mass is 436 g/mol. The second kappa shape index (κ2) is 8.42. The largest absolute Gasteiger partial charge is 0.506 e.